The number of sulfonamides is 1. The van der Waals surface area contributed by atoms with E-state index in [4.69, 9.17) is 16.0 Å². The van der Waals surface area contributed by atoms with Crippen molar-refractivity contribution in [1.29, 1.82) is 0 Å². The van der Waals surface area contributed by atoms with E-state index in [1.165, 1.54) is 25.4 Å². The predicted octanol–water partition coefficient (Wildman–Crippen LogP) is 3.51. The van der Waals surface area contributed by atoms with Gasteiger partial charge in [0.15, 0.2) is 5.76 Å². The molecule has 3 rings (SSSR count). The summed E-state index contributed by atoms with van der Waals surface area (Å²) in [7, 11) is -2.20. The van der Waals surface area contributed by atoms with Gasteiger partial charge in [-0.15, -0.1) is 0 Å². The summed E-state index contributed by atoms with van der Waals surface area (Å²) in [6, 6.07) is 12.3. The Morgan fingerprint density at radius 1 is 1.29 bits per heavy atom. The summed E-state index contributed by atoms with van der Waals surface area (Å²) >= 11 is 6.07. The zero-order chi connectivity index (χ0) is 22.8. The number of aromatic nitrogens is 2. The van der Waals surface area contributed by atoms with Crippen LogP contribution in [0.15, 0.2) is 53.1 Å². The average molecular weight is 465 g/mol. The lowest BCUT2D eigenvalue weighted by molar-refractivity contribution is 0.174. The Hall–Kier alpha value is -3.11. The average Bonchev–Trinajstić information content (AvgIpc) is 3.17. The molecular formula is C20H21ClN4O5S. The minimum Gasteiger partial charge on any atom is -0.465 e. The fraction of sp³-hybridized carbons (Fsp3) is 0.250. The molecule has 0 aliphatic carbocycles. The topological polar surface area (TPSA) is 126 Å². The summed E-state index contributed by atoms with van der Waals surface area (Å²) in [5.41, 5.74) is 0.205. The lowest BCUT2D eigenvalue weighted by Gasteiger charge is -2.27. The van der Waals surface area contributed by atoms with Crippen LogP contribution in [0.2, 0.25) is 5.15 Å². The normalized spacial score (nSPS) is 13.4. The number of rotatable bonds is 7. The van der Waals surface area contributed by atoms with Crippen LogP contribution in [0.5, 0.6) is 0 Å². The third-order valence-corrected chi connectivity index (χ3v) is 6.06. The molecule has 2 heterocycles. The number of oxazole rings is 1. The highest BCUT2D eigenvalue weighted by atomic mass is 35.5. The van der Waals surface area contributed by atoms with Gasteiger partial charge in [0.05, 0.1) is 12.5 Å². The third-order valence-electron chi connectivity index (χ3n) is 4.68. The van der Waals surface area contributed by atoms with Gasteiger partial charge in [-0.05, 0) is 24.6 Å². The van der Waals surface area contributed by atoms with Crippen molar-refractivity contribution in [1.82, 2.24) is 15.3 Å². The van der Waals surface area contributed by atoms with Crippen LogP contribution in [-0.4, -0.2) is 42.9 Å². The van der Waals surface area contributed by atoms with Gasteiger partial charge >= 0.3 is 6.09 Å². The van der Waals surface area contributed by atoms with Gasteiger partial charge in [0.2, 0.25) is 15.9 Å². The van der Waals surface area contributed by atoms with Crippen molar-refractivity contribution in [3.8, 4) is 11.5 Å². The first-order valence-electron chi connectivity index (χ1n) is 9.11. The van der Waals surface area contributed by atoms with Crippen molar-refractivity contribution in [2.75, 3.05) is 17.6 Å². The Morgan fingerprint density at radius 2 is 1.97 bits per heavy atom. The highest BCUT2D eigenvalue weighted by Gasteiger charge is 2.33. The Morgan fingerprint density at radius 3 is 2.58 bits per heavy atom. The van der Waals surface area contributed by atoms with Gasteiger partial charge in [-0.3, -0.25) is 4.31 Å². The van der Waals surface area contributed by atoms with Crippen molar-refractivity contribution < 1.29 is 22.7 Å². The highest BCUT2D eigenvalue weighted by Crippen LogP contribution is 2.31. The molecule has 0 aliphatic heterocycles. The lowest BCUT2D eigenvalue weighted by Crippen LogP contribution is -2.44. The van der Waals surface area contributed by atoms with Crippen LogP contribution in [-0.2, 0) is 22.0 Å². The SMILES string of the molecule is CN(c1cc(-c2ncc([C@@](C)(Cc3ccccc3)NC(=O)O)o2)cc(Cl)n1)S(C)(=O)=O. The first-order valence-corrected chi connectivity index (χ1v) is 11.3. The lowest BCUT2D eigenvalue weighted by atomic mass is 9.91. The second-order valence-electron chi connectivity index (χ2n) is 7.22. The summed E-state index contributed by atoms with van der Waals surface area (Å²) in [6.45, 7) is 1.70. The quantitative estimate of drug-likeness (QED) is 0.512. The van der Waals surface area contributed by atoms with Crippen molar-refractivity contribution in [3.63, 3.8) is 0 Å². The van der Waals surface area contributed by atoms with Gasteiger partial charge in [0.25, 0.3) is 0 Å². The molecule has 1 aromatic carbocycles. The molecule has 9 nitrogen and oxygen atoms in total. The molecule has 2 aromatic heterocycles. The molecular weight excluding hydrogens is 444 g/mol. The molecule has 0 aliphatic rings. The van der Waals surface area contributed by atoms with Crippen LogP contribution in [0.25, 0.3) is 11.5 Å². The summed E-state index contributed by atoms with van der Waals surface area (Å²) in [5, 5.41) is 11.9. The molecule has 0 spiro atoms. The van der Waals surface area contributed by atoms with Crippen LogP contribution in [0.4, 0.5) is 10.6 Å². The summed E-state index contributed by atoms with van der Waals surface area (Å²) in [4.78, 5) is 19.7. The fourth-order valence-corrected chi connectivity index (χ4v) is 3.67. The van der Waals surface area contributed by atoms with Crippen molar-refractivity contribution in [2.24, 2.45) is 0 Å². The Labute approximate surface area is 184 Å². The molecule has 11 heteroatoms. The van der Waals surface area contributed by atoms with Gasteiger partial charge in [-0.2, -0.15) is 0 Å². The van der Waals surface area contributed by atoms with E-state index in [0.717, 1.165) is 16.1 Å². The number of benzene rings is 1. The largest absolute Gasteiger partial charge is 0.465 e. The molecule has 2 N–H and O–H groups in total. The minimum absolute atomic E-state index is 0.0541. The van der Waals surface area contributed by atoms with E-state index in [1.54, 1.807) is 6.92 Å². The Bertz CT molecular complexity index is 1200. The van der Waals surface area contributed by atoms with E-state index in [2.05, 4.69) is 15.3 Å². The summed E-state index contributed by atoms with van der Waals surface area (Å²) < 4.78 is 30.6. The first kappa shape index (κ1) is 22.6. The van der Waals surface area contributed by atoms with E-state index in [0.29, 0.717) is 17.7 Å². The van der Waals surface area contributed by atoms with Crippen LogP contribution in [0.1, 0.15) is 18.2 Å². The fourth-order valence-electron chi connectivity index (χ4n) is 3.03. The van der Waals surface area contributed by atoms with Crippen molar-refractivity contribution >= 4 is 33.5 Å². The van der Waals surface area contributed by atoms with Crippen molar-refractivity contribution in [2.45, 2.75) is 18.9 Å². The number of carbonyl (C=O) groups is 1. The maximum Gasteiger partial charge on any atom is 0.405 e. The predicted molar refractivity (Wildman–Crippen MR) is 117 cm³/mol. The number of hydrogen-bond acceptors (Lipinski definition) is 6. The number of anilines is 1. The molecule has 0 bridgehead atoms. The number of amides is 1. The second kappa shape index (κ2) is 8.56. The zero-order valence-corrected chi connectivity index (χ0v) is 18.6. The van der Waals surface area contributed by atoms with Gasteiger partial charge in [-0.1, -0.05) is 41.9 Å². The Balaban J connectivity index is 2.00. The number of hydrogen-bond donors (Lipinski definition) is 2. The van der Waals surface area contributed by atoms with Gasteiger partial charge < -0.3 is 14.8 Å². The maximum atomic E-state index is 11.8. The summed E-state index contributed by atoms with van der Waals surface area (Å²) in [6.07, 6.45) is 1.60. The molecule has 1 amide bonds. The number of nitrogens with one attached hydrogen (secondary N) is 1. The second-order valence-corrected chi connectivity index (χ2v) is 9.62. The Kier molecular flexibility index (Phi) is 6.23. The van der Waals surface area contributed by atoms with Gasteiger partial charge in [0, 0.05) is 19.0 Å². The van der Waals surface area contributed by atoms with Crippen LogP contribution < -0.4 is 9.62 Å². The molecule has 0 radical (unpaired) electrons. The number of halogens is 1. The highest BCUT2D eigenvalue weighted by molar-refractivity contribution is 7.92. The van der Waals surface area contributed by atoms with Crippen LogP contribution in [0, 0.1) is 0 Å². The van der Waals surface area contributed by atoms with E-state index < -0.39 is 21.7 Å². The number of nitrogens with zero attached hydrogens (tertiary/aromatic N) is 3. The standard InChI is InChI=1S/C20H21ClN4O5S/c1-20(24-19(26)27,11-13-7-5-4-6-8-13)15-12-22-18(30-15)14-9-16(21)23-17(10-14)25(2)31(3,28)29/h4-10,12,24H,11H2,1-3H3,(H,26,27)/t20-/m1/s1. The van der Waals surface area contributed by atoms with Gasteiger partial charge in [-0.25, -0.2) is 23.2 Å². The molecule has 31 heavy (non-hydrogen) atoms. The monoisotopic (exact) mass is 464 g/mol. The number of pyridine rings is 1. The van der Waals surface area contributed by atoms with Crippen LogP contribution >= 0.6 is 11.6 Å². The minimum atomic E-state index is -3.55. The van der Waals surface area contributed by atoms with Crippen LogP contribution in [0.3, 0.4) is 0 Å². The van der Waals surface area contributed by atoms with E-state index in [-0.39, 0.29) is 16.9 Å². The molecule has 0 saturated carbocycles. The van der Waals surface area contributed by atoms with E-state index in [9.17, 15) is 18.3 Å². The smallest absolute Gasteiger partial charge is 0.405 e. The number of carboxylic acid groups (broad SMARTS) is 1. The van der Waals surface area contributed by atoms with Gasteiger partial charge in [0.1, 0.15) is 16.5 Å². The first-order chi connectivity index (χ1) is 14.5. The molecule has 3 aromatic rings. The molecule has 1 atom stereocenters. The maximum absolute atomic E-state index is 11.8. The third kappa shape index (κ3) is 5.33. The molecule has 0 saturated heterocycles. The zero-order valence-electron chi connectivity index (χ0n) is 17.0. The molecule has 0 unspecified atom stereocenters. The molecule has 164 valence electrons. The molecule has 0 fully saturated rings. The van der Waals surface area contributed by atoms with E-state index in [1.807, 2.05) is 30.3 Å². The van der Waals surface area contributed by atoms with E-state index >= 15 is 0 Å². The van der Waals surface area contributed by atoms with Crippen molar-refractivity contribution in [3.05, 3.63) is 65.1 Å². The summed E-state index contributed by atoms with van der Waals surface area (Å²) in [5.74, 6) is 0.536.